The third-order valence-electron chi connectivity index (χ3n) is 5.24. The minimum Gasteiger partial charge on any atom is -0.339 e. The van der Waals surface area contributed by atoms with E-state index in [9.17, 15) is 0 Å². The highest BCUT2D eigenvalue weighted by Crippen LogP contribution is 2.37. The van der Waals surface area contributed by atoms with Crippen LogP contribution in [0.25, 0.3) is 0 Å². The van der Waals surface area contributed by atoms with Crippen LogP contribution in [0, 0.1) is 5.92 Å². The number of hydrogen-bond acceptors (Lipinski definition) is 4. The Balaban J connectivity index is 1.63. The van der Waals surface area contributed by atoms with Crippen molar-refractivity contribution >= 4 is 0 Å². The number of nitrogens with one attached hydrogen (secondary N) is 1. The van der Waals surface area contributed by atoms with E-state index < -0.39 is 0 Å². The van der Waals surface area contributed by atoms with E-state index in [1.165, 1.54) is 38.5 Å². The topological polar surface area (TPSA) is 51.0 Å². The van der Waals surface area contributed by atoms with Gasteiger partial charge in [0.25, 0.3) is 0 Å². The first-order valence-corrected chi connectivity index (χ1v) is 8.26. The van der Waals surface area contributed by atoms with Crippen molar-refractivity contribution in [3.8, 4) is 0 Å². The zero-order valence-corrected chi connectivity index (χ0v) is 12.8. The largest absolute Gasteiger partial charge is 0.339 e. The van der Waals surface area contributed by atoms with E-state index in [4.69, 9.17) is 9.51 Å². The highest BCUT2D eigenvalue weighted by atomic mass is 16.5. The molecular formula is C16H27N3O. The molecule has 1 aliphatic heterocycles. The molecule has 3 rings (SSSR count). The summed E-state index contributed by atoms with van der Waals surface area (Å²) in [5, 5.41) is 7.68. The predicted octanol–water partition coefficient (Wildman–Crippen LogP) is 3.39. The van der Waals surface area contributed by atoms with Crippen LogP contribution in [0.1, 0.15) is 76.4 Å². The molecule has 112 valence electrons. The normalized spacial score (nSPS) is 34.5. The Hall–Kier alpha value is -0.900. The average Bonchev–Trinajstić information content (AvgIpc) is 3.10. The highest BCUT2D eigenvalue weighted by Gasteiger charge is 2.37. The summed E-state index contributed by atoms with van der Waals surface area (Å²) < 4.78 is 5.58. The summed E-state index contributed by atoms with van der Waals surface area (Å²) in [6.07, 6.45) is 8.93. The van der Waals surface area contributed by atoms with Crippen molar-refractivity contribution in [2.75, 3.05) is 13.1 Å². The number of hydrogen-bond donors (Lipinski definition) is 1. The molecule has 1 saturated heterocycles. The number of aromatic nitrogens is 2. The SMILES string of the molecule is CCCC1CCC(c2noc(C3(C)CCNC3)n2)CC1. The van der Waals surface area contributed by atoms with Crippen molar-refractivity contribution in [2.45, 2.75) is 70.1 Å². The Morgan fingerprint density at radius 1 is 1.30 bits per heavy atom. The smallest absolute Gasteiger partial charge is 0.233 e. The van der Waals surface area contributed by atoms with Gasteiger partial charge in [0.05, 0.1) is 5.41 Å². The maximum absolute atomic E-state index is 5.58. The molecule has 1 aromatic rings. The average molecular weight is 277 g/mol. The standard InChI is InChI=1S/C16H27N3O/c1-3-4-12-5-7-13(8-6-12)14-18-15(20-19-14)16(2)9-10-17-11-16/h12-13,17H,3-11H2,1-2H3. The second-order valence-corrected chi connectivity index (χ2v) is 6.95. The van der Waals surface area contributed by atoms with Crippen molar-refractivity contribution < 1.29 is 4.52 Å². The molecule has 0 radical (unpaired) electrons. The zero-order chi connectivity index (χ0) is 14.0. The third kappa shape index (κ3) is 2.76. The van der Waals surface area contributed by atoms with Gasteiger partial charge in [-0.1, -0.05) is 24.9 Å². The van der Waals surface area contributed by atoms with E-state index in [0.717, 1.165) is 37.1 Å². The van der Waals surface area contributed by atoms with Gasteiger partial charge in [0.1, 0.15) is 0 Å². The first-order valence-electron chi connectivity index (χ1n) is 8.26. The van der Waals surface area contributed by atoms with E-state index in [2.05, 4.69) is 24.3 Å². The molecule has 1 aromatic heterocycles. The molecule has 1 saturated carbocycles. The van der Waals surface area contributed by atoms with Gasteiger partial charge in [0.15, 0.2) is 5.82 Å². The summed E-state index contributed by atoms with van der Waals surface area (Å²) in [7, 11) is 0. The van der Waals surface area contributed by atoms with Crippen LogP contribution in [-0.4, -0.2) is 23.2 Å². The lowest BCUT2D eigenvalue weighted by Gasteiger charge is -2.26. The molecule has 2 heterocycles. The maximum atomic E-state index is 5.58. The molecule has 1 N–H and O–H groups in total. The zero-order valence-electron chi connectivity index (χ0n) is 12.8. The van der Waals surface area contributed by atoms with Gasteiger partial charge in [-0.15, -0.1) is 0 Å². The molecular weight excluding hydrogens is 250 g/mol. The van der Waals surface area contributed by atoms with Gasteiger partial charge < -0.3 is 9.84 Å². The molecule has 0 bridgehead atoms. The van der Waals surface area contributed by atoms with Gasteiger partial charge in [-0.2, -0.15) is 4.98 Å². The van der Waals surface area contributed by atoms with Crippen molar-refractivity contribution in [1.29, 1.82) is 0 Å². The van der Waals surface area contributed by atoms with E-state index in [0.29, 0.717) is 5.92 Å². The Kier molecular flexibility index (Phi) is 4.11. The Morgan fingerprint density at radius 2 is 2.10 bits per heavy atom. The molecule has 20 heavy (non-hydrogen) atoms. The minimum absolute atomic E-state index is 0.0463. The molecule has 2 aliphatic rings. The van der Waals surface area contributed by atoms with Gasteiger partial charge in [-0.3, -0.25) is 0 Å². The lowest BCUT2D eigenvalue weighted by molar-refractivity contribution is 0.286. The molecule has 4 nitrogen and oxygen atoms in total. The van der Waals surface area contributed by atoms with E-state index in [1.54, 1.807) is 0 Å². The molecule has 1 unspecified atom stereocenters. The highest BCUT2D eigenvalue weighted by molar-refractivity contribution is 5.09. The molecule has 4 heteroatoms. The van der Waals surface area contributed by atoms with Crippen LogP contribution in [0.3, 0.4) is 0 Å². The fraction of sp³-hybridized carbons (Fsp3) is 0.875. The molecule has 0 aromatic carbocycles. The summed E-state index contributed by atoms with van der Waals surface area (Å²) >= 11 is 0. The Labute approximate surface area is 121 Å². The van der Waals surface area contributed by atoms with Crippen LogP contribution < -0.4 is 5.32 Å². The summed E-state index contributed by atoms with van der Waals surface area (Å²) in [4.78, 5) is 4.74. The minimum atomic E-state index is 0.0463. The quantitative estimate of drug-likeness (QED) is 0.916. The lowest BCUT2D eigenvalue weighted by atomic mass is 9.80. The lowest BCUT2D eigenvalue weighted by Crippen LogP contribution is -2.25. The number of rotatable bonds is 4. The maximum Gasteiger partial charge on any atom is 0.233 e. The number of nitrogens with zero attached hydrogens (tertiary/aromatic N) is 2. The second kappa shape index (κ2) is 5.84. The van der Waals surface area contributed by atoms with E-state index in [-0.39, 0.29) is 5.41 Å². The monoisotopic (exact) mass is 277 g/mol. The van der Waals surface area contributed by atoms with Crippen molar-refractivity contribution in [3.63, 3.8) is 0 Å². The van der Waals surface area contributed by atoms with Crippen molar-refractivity contribution in [2.24, 2.45) is 5.92 Å². The van der Waals surface area contributed by atoms with Crippen molar-refractivity contribution in [1.82, 2.24) is 15.5 Å². The summed E-state index contributed by atoms with van der Waals surface area (Å²) in [6, 6.07) is 0. The van der Waals surface area contributed by atoms with Gasteiger partial charge in [-0.25, -0.2) is 0 Å². The first kappa shape index (κ1) is 14.1. The Morgan fingerprint density at radius 3 is 2.75 bits per heavy atom. The summed E-state index contributed by atoms with van der Waals surface area (Å²) in [6.45, 7) is 6.52. The summed E-state index contributed by atoms with van der Waals surface area (Å²) in [5.74, 6) is 3.26. The van der Waals surface area contributed by atoms with Crippen LogP contribution in [0.2, 0.25) is 0 Å². The molecule has 0 spiro atoms. The van der Waals surface area contributed by atoms with Gasteiger partial charge in [0, 0.05) is 12.5 Å². The van der Waals surface area contributed by atoms with E-state index in [1.807, 2.05) is 0 Å². The van der Waals surface area contributed by atoms with E-state index >= 15 is 0 Å². The third-order valence-corrected chi connectivity index (χ3v) is 5.24. The predicted molar refractivity (Wildman–Crippen MR) is 78.7 cm³/mol. The fourth-order valence-electron chi connectivity index (χ4n) is 3.76. The van der Waals surface area contributed by atoms with Gasteiger partial charge >= 0.3 is 0 Å². The first-order chi connectivity index (χ1) is 9.71. The summed E-state index contributed by atoms with van der Waals surface area (Å²) in [5.41, 5.74) is 0.0463. The molecule has 1 aliphatic carbocycles. The molecule has 2 fully saturated rings. The Bertz CT molecular complexity index is 429. The van der Waals surface area contributed by atoms with Crippen LogP contribution in [-0.2, 0) is 5.41 Å². The van der Waals surface area contributed by atoms with Crippen molar-refractivity contribution in [3.05, 3.63) is 11.7 Å². The van der Waals surface area contributed by atoms with Crippen LogP contribution in [0.5, 0.6) is 0 Å². The van der Waals surface area contributed by atoms with Gasteiger partial charge in [0.2, 0.25) is 5.89 Å². The second-order valence-electron chi connectivity index (χ2n) is 6.95. The molecule has 0 amide bonds. The van der Waals surface area contributed by atoms with Gasteiger partial charge in [-0.05, 0) is 51.5 Å². The van der Waals surface area contributed by atoms with Crippen LogP contribution in [0.15, 0.2) is 4.52 Å². The van der Waals surface area contributed by atoms with Crippen LogP contribution in [0.4, 0.5) is 0 Å². The molecule has 1 atom stereocenters. The van der Waals surface area contributed by atoms with Crippen LogP contribution >= 0.6 is 0 Å². The fourth-order valence-corrected chi connectivity index (χ4v) is 3.76.